The Morgan fingerprint density at radius 3 is 1.57 bits per heavy atom. The van der Waals surface area contributed by atoms with Crippen LogP contribution < -0.4 is 29.9 Å². The number of nitrogens with one attached hydrogen (secondary N) is 3. The van der Waals surface area contributed by atoms with Gasteiger partial charge in [-0.05, 0) is 128 Å². The molecule has 6 heterocycles. The van der Waals surface area contributed by atoms with Crippen LogP contribution in [0.15, 0.2) is 122 Å². The number of carbonyl (C=O) groups excluding carboxylic acids is 5. The minimum atomic E-state index is -1.12. The molecule has 4 atom stereocenters. The van der Waals surface area contributed by atoms with E-state index in [0.717, 1.165) is 46.9 Å². The molecule has 4 N–H and O–H groups in total. The number of fused-ring (bicyclic) bond motifs is 2. The summed E-state index contributed by atoms with van der Waals surface area (Å²) in [6, 6.07) is 27.0. The molecular formula is C60H47BrF6N14O8. The molecule has 10 rings (SSSR count). The number of aliphatic hydroxyl groups is 1. The number of rotatable bonds is 9. The van der Waals surface area contributed by atoms with Gasteiger partial charge in [-0.2, -0.15) is 31.2 Å². The summed E-state index contributed by atoms with van der Waals surface area (Å²) in [6.45, 7) is 2.93. The normalized spacial score (nSPS) is 15.1. The van der Waals surface area contributed by atoms with Gasteiger partial charge in [0, 0.05) is 37.4 Å². The molecule has 22 nitrogen and oxygen atoms in total. The number of aldehydes is 1. The third-order valence-corrected chi connectivity index (χ3v) is 13.0. The Morgan fingerprint density at radius 2 is 1.11 bits per heavy atom. The van der Waals surface area contributed by atoms with Crippen molar-refractivity contribution >= 4 is 57.5 Å². The van der Waals surface area contributed by atoms with Crippen molar-refractivity contribution in [1.29, 1.82) is 21.0 Å². The standard InChI is InChI=1S/C22H18F2N6O3.C14H14FN5O3.C8H5BrFN.C8H6FNO.C8H4FNO/c1-12-18(22(32)29(2)20-17(33-12)4-3-5-26-20)27-21(31)19-16(24)11-30(28-19)10-14-6-13(9-25)7-15(23)8-14;1-7-10(18-13(21)11-8(15)6-17-19-11)14(22)20(2)12-9(23-7)4-3-5-16-12;9-4-6-1-7(5-11)3-8(10)2-6;2*9-8-2-6(4-10)1-7(3-8)5-11/h3-8,11-12,18H,10H2,1-2H3,(H,27,31);3-7,10H,1-2H3,(H,17,19)(H,18,21);1-3H,4H2;1-3,11H,5H2;1-3,5H/t12-,18+;7-,10+;;;/m11.../s1. The Hall–Kier alpha value is -11.3. The highest BCUT2D eigenvalue weighted by Crippen LogP contribution is 2.31. The second-order valence-electron chi connectivity index (χ2n) is 18.8. The van der Waals surface area contributed by atoms with E-state index in [2.05, 4.69) is 51.8 Å². The van der Waals surface area contributed by atoms with Gasteiger partial charge in [0.15, 0.2) is 46.2 Å². The molecule has 0 unspecified atom stereocenters. The summed E-state index contributed by atoms with van der Waals surface area (Å²) in [4.78, 5) is 71.3. The van der Waals surface area contributed by atoms with Gasteiger partial charge in [-0.3, -0.25) is 43.6 Å². The molecule has 2 aliphatic rings. The first-order valence-corrected chi connectivity index (χ1v) is 26.9. The molecule has 454 valence electrons. The average molecular weight is 1290 g/mol. The maximum Gasteiger partial charge on any atom is 0.275 e. The maximum absolute atomic E-state index is 14.5. The number of alkyl halides is 1. The predicted molar refractivity (Wildman–Crippen MR) is 306 cm³/mol. The number of benzene rings is 4. The first kappa shape index (κ1) is 66.9. The van der Waals surface area contributed by atoms with E-state index in [1.807, 2.05) is 12.1 Å². The number of H-pyrrole nitrogens is 1. The highest BCUT2D eigenvalue weighted by molar-refractivity contribution is 9.08. The monoisotopic (exact) mass is 1280 g/mol. The van der Waals surface area contributed by atoms with Gasteiger partial charge in [-0.25, -0.2) is 36.3 Å². The van der Waals surface area contributed by atoms with E-state index < -0.39 is 82.7 Å². The summed E-state index contributed by atoms with van der Waals surface area (Å²) >= 11 is 3.18. The lowest BCUT2D eigenvalue weighted by atomic mass is 10.1. The van der Waals surface area contributed by atoms with Gasteiger partial charge in [0.1, 0.15) is 53.8 Å². The summed E-state index contributed by atoms with van der Waals surface area (Å²) in [5, 5.41) is 57.9. The Kier molecular flexibility index (Phi) is 23.5. The van der Waals surface area contributed by atoms with Crippen molar-refractivity contribution < 1.29 is 64.9 Å². The highest BCUT2D eigenvalue weighted by Gasteiger charge is 2.39. The molecular weight excluding hydrogens is 1240 g/mol. The molecule has 0 radical (unpaired) electrons. The number of likely N-dealkylation sites (N-methyl/N-ethyl adjacent to an activating group) is 2. The van der Waals surface area contributed by atoms with E-state index in [1.54, 1.807) is 56.3 Å². The Balaban J connectivity index is 0.000000194. The van der Waals surface area contributed by atoms with Gasteiger partial charge in [0.05, 0.1) is 72.1 Å². The number of hydrogen-bond donors (Lipinski definition) is 4. The van der Waals surface area contributed by atoms with Crippen LogP contribution in [0.4, 0.5) is 38.0 Å². The van der Waals surface area contributed by atoms with Gasteiger partial charge in [-0.1, -0.05) is 15.9 Å². The third-order valence-electron chi connectivity index (χ3n) is 12.3. The smallest absolute Gasteiger partial charge is 0.275 e. The number of halogens is 7. The quantitative estimate of drug-likeness (QED) is 0.0608. The molecule has 0 saturated heterocycles. The van der Waals surface area contributed by atoms with Crippen LogP contribution in [0.1, 0.15) is 84.1 Å². The topological polar surface area (TPSA) is 322 Å². The van der Waals surface area contributed by atoms with Gasteiger partial charge in [-0.15, -0.1) is 0 Å². The Labute approximate surface area is 510 Å². The SMILES string of the molecule is C[C@H]1Oc2cccnc2N(C)C(=O)[C@H]1NC(=O)c1[nH]ncc1F.C[C@H]1Oc2cccnc2N(C)C(=O)[C@H]1NC(=O)c1nn(Cc2cc(F)cc(C#N)c2)cc1F.N#Cc1cc(F)cc(C=O)c1.N#Cc1cc(F)cc(CBr)c1.N#Cc1cc(F)cc(CO)c1. The summed E-state index contributed by atoms with van der Waals surface area (Å²) < 4.78 is 91.8. The second-order valence-corrected chi connectivity index (χ2v) is 19.3. The lowest BCUT2D eigenvalue weighted by molar-refractivity contribution is -0.122. The number of amides is 4. The van der Waals surface area contributed by atoms with E-state index in [0.29, 0.717) is 51.4 Å². The molecule has 0 fully saturated rings. The predicted octanol–water partition coefficient (Wildman–Crippen LogP) is 7.80. The molecule has 2 aliphatic heterocycles. The molecule has 4 aromatic heterocycles. The van der Waals surface area contributed by atoms with Crippen LogP contribution in [-0.4, -0.2) is 103 Å². The first-order chi connectivity index (χ1) is 42.5. The number of hydrogen-bond acceptors (Lipinski definition) is 16. The second kappa shape index (κ2) is 31.2. The molecule has 89 heavy (non-hydrogen) atoms. The van der Waals surface area contributed by atoms with Gasteiger partial charge in [0.2, 0.25) is 0 Å². The van der Waals surface area contributed by atoms with Crippen molar-refractivity contribution in [3.63, 3.8) is 0 Å². The average Bonchev–Trinajstić information content (AvgIpc) is 1.87. The molecule has 0 spiro atoms. The fourth-order valence-corrected chi connectivity index (χ4v) is 8.52. The van der Waals surface area contributed by atoms with Crippen LogP contribution in [0.3, 0.4) is 0 Å². The van der Waals surface area contributed by atoms with Crippen molar-refractivity contribution in [3.05, 3.63) is 213 Å². The number of aliphatic hydroxyl groups excluding tert-OH is 1. The zero-order chi connectivity index (χ0) is 65.1. The molecule has 0 bridgehead atoms. The van der Waals surface area contributed by atoms with Crippen LogP contribution in [0.5, 0.6) is 11.5 Å². The number of anilines is 2. The van der Waals surface area contributed by atoms with E-state index >= 15 is 0 Å². The van der Waals surface area contributed by atoms with Crippen molar-refractivity contribution in [2.75, 3.05) is 23.9 Å². The zero-order valence-electron chi connectivity index (χ0n) is 46.9. The van der Waals surface area contributed by atoms with E-state index in [4.69, 9.17) is 35.6 Å². The maximum atomic E-state index is 14.5. The number of ether oxygens (including phenoxy) is 2. The lowest BCUT2D eigenvalue weighted by Crippen LogP contribution is -2.53. The molecule has 29 heteroatoms. The van der Waals surface area contributed by atoms with Crippen LogP contribution in [0, 0.1) is 80.2 Å². The van der Waals surface area contributed by atoms with Crippen molar-refractivity contribution in [1.82, 2.24) is 40.6 Å². The van der Waals surface area contributed by atoms with Crippen LogP contribution in [0.25, 0.3) is 0 Å². The lowest BCUT2D eigenvalue weighted by Gasteiger charge is -2.23. The molecule has 4 amide bonds. The Bertz CT molecular complexity index is 4040. The van der Waals surface area contributed by atoms with Gasteiger partial charge in [0.25, 0.3) is 23.6 Å². The largest absolute Gasteiger partial charge is 0.484 e. The molecule has 4 aromatic carbocycles. The van der Waals surface area contributed by atoms with E-state index in [1.165, 1.54) is 78.8 Å². The van der Waals surface area contributed by atoms with Crippen molar-refractivity contribution in [2.45, 2.75) is 56.6 Å². The zero-order valence-corrected chi connectivity index (χ0v) is 48.5. The minimum absolute atomic E-state index is 0.0672. The number of nitriles is 4. The molecule has 0 aliphatic carbocycles. The van der Waals surface area contributed by atoms with Crippen molar-refractivity contribution in [2.24, 2.45) is 0 Å². The first-order valence-electron chi connectivity index (χ1n) is 25.8. The van der Waals surface area contributed by atoms with Gasteiger partial charge < -0.3 is 25.2 Å². The summed E-state index contributed by atoms with van der Waals surface area (Å²) in [5.41, 5.74) is 1.73. The van der Waals surface area contributed by atoms with Crippen molar-refractivity contribution in [3.8, 4) is 35.8 Å². The van der Waals surface area contributed by atoms with Crippen LogP contribution in [0.2, 0.25) is 0 Å². The van der Waals surface area contributed by atoms with E-state index in [-0.39, 0.29) is 46.9 Å². The minimum Gasteiger partial charge on any atom is -0.484 e. The number of pyridine rings is 2. The third kappa shape index (κ3) is 17.9. The number of nitrogens with zero attached hydrogens (tertiary/aromatic N) is 11. The van der Waals surface area contributed by atoms with E-state index in [9.17, 15) is 50.3 Å². The van der Waals surface area contributed by atoms with Crippen LogP contribution >= 0.6 is 15.9 Å². The summed E-state index contributed by atoms with van der Waals surface area (Å²) in [7, 11) is 3.03. The summed E-state index contributed by atoms with van der Waals surface area (Å²) in [5.74, 6) is -4.88. The van der Waals surface area contributed by atoms with Crippen LogP contribution in [-0.2, 0) is 28.1 Å². The fraction of sp³-hybridized carbons (Fsp3) is 0.183. The van der Waals surface area contributed by atoms with Gasteiger partial charge >= 0.3 is 0 Å². The number of aromatic amines is 1. The Morgan fingerprint density at radius 1 is 0.663 bits per heavy atom. The molecule has 0 saturated carbocycles. The number of carbonyl (C=O) groups is 5. The fourth-order valence-electron chi connectivity index (χ4n) is 8.20. The molecule has 8 aromatic rings. The number of aromatic nitrogens is 6. The highest BCUT2D eigenvalue weighted by atomic mass is 79.9. The summed E-state index contributed by atoms with van der Waals surface area (Å²) in [6.07, 6.45) is 3.98.